The molecule has 0 saturated heterocycles. The van der Waals surface area contributed by atoms with Crippen LogP contribution in [0.2, 0.25) is 5.02 Å². The van der Waals surface area contributed by atoms with Crippen LogP contribution in [0, 0.1) is 17.0 Å². The standard InChI is InChI=1S/C16H15ClN6O2/c1-10-13(23(24)25)14(16(2)18-8-9-19-16)21-15(20-10)22(3)12-6-4-11(17)5-7-12/h4-9H,1-3H3. The molecule has 0 amide bonds. The average Bonchev–Trinajstić information content (AvgIpc) is 3.01. The second-order valence-electron chi connectivity index (χ2n) is 5.68. The molecular weight excluding hydrogens is 344 g/mol. The molecule has 0 radical (unpaired) electrons. The molecule has 0 atom stereocenters. The van der Waals surface area contributed by atoms with Gasteiger partial charge in [0.05, 0.1) is 4.92 Å². The number of hydrogen-bond donors (Lipinski definition) is 0. The third kappa shape index (κ3) is 3.08. The number of aryl methyl sites for hydroxylation is 1. The minimum atomic E-state index is -1.13. The van der Waals surface area contributed by atoms with Crippen LogP contribution in [-0.4, -0.2) is 34.4 Å². The zero-order valence-electron chi connectivity index (χ0n) is 13.8. The van der Waals surface area contributed by atoms with Gasteiger partial charge in [-0.25, -0.2) is 9.97 Å². The molecule has 0 spiro atoms. The van der Waals surface area contributed by atoms with Crippen LogP contribution >= 0.6 is 11.6 Å². The second kappa shape index (κ2) is 6.21. The van der Waals surface area contributed by atoms with Gasteiger partial charge >= 0.3 is 5.69 Å². The van der Waals surface area contributed by atoms with Crippen LogP contribution in [-0.2, 0) is 5.66 Å². The van der Waals surface area contributed by atoms with Gasteiger partial charge in [-0.2, -0.15) is 0 Å². The lowest BCUT2D eigenvalue weighted by molar-refractivity contribution is -0.387. The molecule has 8 nitrogen and oxygen atoms in total. The Kier molecular flexibility index (Phi) is 4.22. The molecule has 0 aliphatic carbocycles. The molecule has 3 rings (SSSR count). The van der Waals surface area contributed by atoms with E-state index in [1.54, 1.807) is 37.9 Å². The van der Waals surface area contributed by atoms with Crippen LogP contribution in [0.25, 0.3) is 0 Å². The maximum atomic E-state index is 11.5. The Balaban J connectivity index is 2.15. The minimum Gasteiger partial charge on any atom is -0.314 e. The quantitative estimate of drug-likeness (QED) is 0.616. The van der Waals surface area contributed by atoms with Crippen molar-refractivity contribution in [1.29, 1.82) is 0 Å². The van der Waals surface area contributed by atoms with Gasteiger partial charge < -0.3 is 4.90 Å². The molecule has 0 saturated carbocycles. The van der Waals surface area contributed by atoms with Crippen LogP contribution in [0.5, 0.6) is 0 Å². The third-order valence-corrected chi connectivity index (χ3v) is 4.16. The Labute approximate surface area is 149 Å². The van der Waals surface area contributed by atoms with E-state index in [1.807, 2.05) is 12.1 Å². The molecule has 1 aliphatic heterocycles. The molecule has 0 bridgehead atoms. The summed E-state index contributed by atoms with van der Waals surface area (Å²) < 4.78 is 0. The van der Waals surface area contributed by atoms with E-state index in [9.17, 15) is 10.1 Å². The lowest BCUT2D eigenvalue weighted by Gasteiger charge is -2.22. The van der Waals surface area contributed by atoms with Crippen molar-refractivity contribution >= 4 is 41.4 Å². The van der Waals surface area contributed by atoms with Crippen molar-refractivity contribution in [2.75, 3.05) is 11.9 Å². The van der Waals surface area contributed by atoms with Crippen LogP contribution in [0.15, 0.2) is 34.3 Å². The van der Waals surface area contributed by atoms with Crippen molar-refractivity contribution < 1.29 is 4.92 Å². The van der Waals surface area contributed by atoms with Crippen LogP contribution in [0.1, 0.15) is 18.3 Å². The molecule has 0 fully saturated rings. The molecule has 1 aliphatic rings. The van der Waals surface area contributed by atoms with Crippen molar-refractivity contribution in [3.8, 4) is 0 Å². The first-order chi connectivity index (χ1) is 11.8. The fourth-order valence-corrected chi connectivity index (χ4v) is 2.67. The van der Waals surface area contributed by atoms with Gasteiger partial charge in [0, 0.05) is 30.2 Å². The highest BCUT2D eigenvalue weighted by atomic mass is 35.5. The smallest absolute Gasteiger partial charge is 0.314 e. The first-order valence-corrected chi connectivity index (χ1v) is 7.81. The number of nitrogens with zero attached hydrogens (tertiary/aromatic N) is 6. The highest BCUT2D eigenvalue weighted by molar-refractivity contribution is 6.30. The molecule has 128 valence electrons. The van der Waals surface area contributed by atoms with E-state index < -0.39 is 10.6 Å². The molecular formula is C16H15ClN6O2. The predicted molar refractivity (Wildman–Crippen MR) is 97.3 cm³/mol. The monoisotopic (exact) mass is 358 g/mol. The molecule has 25 heavy (non-hydrogen) atoms. The Hall–Kier alpha value is -2.87. The summed E-state index contributed by atoms with van der Waals surface area (Å²) in [5.74, 6) is 0.318. The normalized spacial score (nSPS) is 14.7. The first kappa shape index (κ1) is 17.0. The summed E-state index contributed by atoms with van der Waals surface area (Å²) in [4.78, 5) is 29.9. The van der Waals surface area contributed by atoms with Crippen LogP contribution < -0.4 is 4.90 Å². The number of nitro groups is 1. The Bertz CT molecular complexity index is 882. The van der Waals surface area contributed by atoms with Gasteiger partial charge in [0.1, 0.15) is 5.69 Å². The summed E-state index contributed by atoms with van der Waals surface area (Å²) in [6.07, 6.45) is 3.01. The summed E-state index contributed by atoms with van der Waals surface area (Å²) in [5, 5.41) is 12.1. The Morgan fingerprint density at radius 2 is 1.76 bits per heavy atom. The van der Waals surface area contributed by atoms with Gasteiger partial charge in [-0.3, -0.25) is 20.1 Å². The van der Waals surface area contributed by atoms with Gasteiger partial charge in [-0.15, -0.1) is 0 Å². The highest BCUT2D eigenvalue weighted by Crippen LogP contribution is 2.37. The van der Waals surface area contributed by atoms with Gasteiger partial charge in [-0.05, 0) is 38.1 Å². The molecule has 9 heteroatoms. The number of rotatable bonds is 4. The highest BCUT2D eigenvalue weighted by Gasteiger charge is 2.38. The zero-order valence-corrected chi connectivity index (χ0v) is 14.6. The van der Waals surface area contributed by atoms with Gasteiger partial charge in [-0.1, -0.05) is 11.6 Å². The molecule has 2 heterocycles. The van der Waals surface area contributed by atoms with Crippen molar-refractivity contribution in [3.05, 3.63) is 50.8 Å². The summed E-state index contributed by atoms with van der Waals surface area (Å²) in [6.45, 7) is 3.25. The summed E-state index contributed by atoms with van der Waals surface area (Å²) >= 11 is 5.92. The molecule has 0 unspecified atom stereocenters. The van der Waals surface area contributed by atoms with Crippen molar-refractivity contribution in [3.63, 3.8) is 0 Å². The van der Waals surface area contributed by atoms with E-state index in [0.29, 0.717) is 11.0 Å². The first-order valence-electron chi connectivity index (χ1n) is 7.43. The third-order valence-electron chi connectivity index (χ3n) is 3.91. The Morgan fingerprint density at radius 3 is 2.32 bits per heavy atom. The van der Waals surface area contributed by atoms with Crippen LogP contribution in [0.3, 0.4) is 0 Å². The van der Waals surface area contributed by atoms with E-state index in [1.165, 1.54) is 12.4 Å². The fourth-order valence-electron chi connectivity index (χ4n) is 2.54. The maximum absolute atomic E-state index is 11.5. The topological polar surface area (TPSA) is 96.9 Å². The SMILES string of the molecule is Cc1nc(N(C)c2ccc(Cl)cc2)nc(C2(C)N=CC=N2)c1[N+](=O)[O-]. The number of aromatic nitrogens is 2. The molecule has 0 N–H and O–H groups in total. The summed E-state index contributed by atoms with van der Waals surface area (Å²) in [5.41, 5.74) is -0.0969. The number of aliphatic imine (C=N–C) groups is 2. The maximum Gasteiger partial charge on any atom is 0.316 e. The number of anilines is 2. The van der Waals surface area contributed by atoms with Gasteiger partial charge in [0.15, 0.2) is 11.4 Å². The molecule has 1 aromatic heterocycles. The van der Waals surface area contributed by atoms with Crippen LogP contribution in [0.4, 0.5) is 17.3 Å². The summed E-state index contributed by atoms with van der Waals surface area (Å²) in [6, 6.07) is 7.13. The Morgan fingerprint density at radius 1 is 1.16 bits per heavy atom. The lowest BCUT2D eigenvalue weighted by Crippen LogP contribution is -2.23. The van der Waals surface area contributed by atoms with Crippen molar-refractivity contribution in [2.24, 2.45) is 9.98 Å². The van der Waals surface area contributed by atoms with Gasteiger partial charge in [0.2, 0.25) is 5.95 Å². The van der Waals surface area contributed by atoms with Crippen molar-refractivity contribution in [2.45, 2.75) is 19.5 Å². The van der Waals surface area contributed by atoms with E-state index in [0.717, 1.165) is 5.69 Å². The van der Waals surface area contributed by atoms with Crippen molar-refractivity contribution in [1.82, 2.24) is 9.97 Å². The van der Waals surface area contributed by atoms with E-state index in [2.05, 4.69) is 20.0 Å². The molecule has 2 aromatic rings. The predicted octanol–water partition coefficient (Wildman–Crippen LogP) is 3.44. The number of benzene rings is 1. The lowest BCUT2D eigenvalue weighted by atomic mass is 10.1. The fraction of sp³-hybridized carbons (Fsp3) is 0.250. The largest absolute Gasteiger partial charge is 0.316 e. The van der Waals surface area contributed by atoms with E-state index >= 15 is 0 Å². The number of halogens is 1. The number of hydrogen-bond acceptors (Lipinski definition) is 7. The second-order valence-corrected chi connectivity index (χ2v) is 6.11. The van der Waals surface area contributed by atoms with Gasteiger partial charge in [0.25, 0.3) is 0 Å². The van der Waals surface area contributed by atoms with E-state index in [4.69, 9.17) is 11.6 Å². The summed E-state index contributed by atoms with van der Waals surface area (Å²) in [7, 11) is 1.77. The van der Waals surface area contributed by atoms with E-state index in [-0.39, 0.29) is 17.1 Å². The zero-order chi connectivity index (χ0) is 18.2. The minimum absolute atomic E-state index is 0.158. The average molecular weight is 359 g/mol. The molecule has 1 aromatic carbocycles.